The number of ether oxygens (including phenoxy) is 1. The minimum Gasteiger partial charge on any atom is -0.393 e. The van der Waals surface area contributed by atoms with Crippen molar-refractivity contribution in [3.05, 3.63) is 0 Å². The van der Waals surface area contributed by atoms with Crippen LogP contribution < -0.4 is 0 Å². The first kappa shape index (κ1) is 37.5. The second kappa shape index (κ2) is 32.8. The number of hydrogen-bond donors (Lipinski definition) is 0. The van der Waals surface area contributed by atoms with Gasteiger partial charge in [0, 0.05) is 23.0 Å². The van der Waals surface area contributed by atoms with Crippen LogP contribution in [-0.4, -0.2) is 35.0 Å². The number of unbranched alkanes of at least 4 members (excludes halogenated alkanes) is 18. The lowest BCUT2D eigenvalue weighted by molar-refractivity contribution is -0.159. The van der Waals surface area contributed by atoms with Crippen molar-refractivity contribution >= 4 is 55.1 Å². The van der Waals surface area contributed by atoms with E-state index in [9.17, 15) is 9.59 Å². The summed E-state index contributed by atoms with van der Waals surface area (Å²) in [5.74, 6) is 2.97. The topological polar surface area (TPSA) is 43.4 Å². The third-order valence-electron chi connectivity index (χ3n) is 6.34. The van der Waals surface area contributed by atoms with Gasteiger partial charge in [0.1, 0.15) is 0 Å². The average Bonchev–Trinajstić information content (AvgIpc) is 2.89. The zero-order valence-electron chi connectivity index (χ0n) is 24.2. The third kappa shape index (κ3) is 32.6. The van der Waals surface area contributed by atoms with Crippen molar-refractivity contribution in [2.24, 2.45) is 0 Å². The molecular weight excluding hydrogens is 537 g/mol. The molecule has 0 rings (SSSR count). The summed E-state index contributed by atoms with van der Waals surface area (Å²) < 4.78 is 4.95. The maximum Gasteiger partial charge on any atom is 0.314 e. The zero-order chi connectivity index (χ0) is 27.1. The Morgan fingerprint density at radius 2 is 0.676 bits per heavy atom. The highest BCUT2D eigenvalue weighted by Gasteiger charge is 2.10. The molecule has 0 aromatic heterocycles. The van der Waals surface area contributed by atoms with Crippen LogP contribution in [0.4, 0.5) is 0 Å². The average molecular weight is 595 g/mol. The normalized spacial score (nSPS) is 11.2. The van der Waals surface area contributed by atoms with Crippen LogP contribution in [-0.2, 0) is 14.3 Å². The van der Waals surface area contributed by atoms with E-state index in [4.69, 9.17) is 4.74 Å². The van der Waals surface area contributed by atoms with Gasteiger partial charge in [0.25, 0.3) is 0 Å². The highest BCUT2D eigenvalue weighted by atomic mass is 33.1. The van der Waals surface area contributed by atoms with E-state index >= 15 is 0 Å². The van der Waals surface area contributed by atoms with Crippen LogP contribution in [0.1, 0.15) is 155 Å². The quantitative estimate of drug-likeness (QED) is 0.0354. The Balaban J connectivity index is 3.28. The summed E-state index contributed by atoms with van der Waals surface area (Å²) in [6.07, 6.45) is 27.9. The zero-order valence-corrected chi connectivity index (χ0v) is 27.5. The number of carbonyl (C=O) groups excluding carboxylic acids is 2. The fraction of sp³-hybridized carbons (Fsp3) is 0.933. The molecule has 0 aliphatic heterocycles. The van der Waals surface area contributed by atoms with Crippen LogP contribution in [0.2, 0.25) is 0 Å². The van der Waals surface area contributed by atoms with Crippen LogP contribution in [0.15, 0.2) is 0 Å². The molecule has 0 aromatic carbocycles. The molecule has 220 valence electrons. The lowest BCUT2D eigenvalue weighted by atomic mass is 10.1. The summed E-state index contributed by atoms with van der Waals surface area (Å²) in [5, 5.41) is 0. The summed E-state index contributed by atoms with van der Waals surface area (Å²) in [4.78, 5) is 23.7. The smallest absolute Gasteiger partial charge is 0.314 e. The largest absolute Gasteiger partial charge is 0.393 e. The van der Waals surface area contributed by atoms with Gasteiger partial charge in [-0.15, -0.1) is 0 Å². The highest BCUT2D eigenvalue weighted by molar-refractivity contribution is 8.77. The SMILES string of the molecule is CCCCCCCCCCCCSSCCC(=O)OC(=O)CCSSCCCCCCCCCCCC. The molecule has 37 heavy (non-hydrogen) atoms. The molecule has 0 spiro atoms. The van der Waals surface area contributed by atoms with Crippen molar-refractivity contribution in [3.8, 4) is 0 Å². The molecule has 0 amide bonds. The molecule has 0 atom stereocenters. The Hall–Kier alpha value is 0.540. The number of rotatable bonds is 30. The van der Waals surface area contributed by atoms with E-state index in [1.807, 2.05) is 21.6 Å². The minimum atomic E-state index is -0.375. The third-order valence-corrected chi connectivity index (χ3v) is 11.3. The molecular formula is C30H58O3S4. The van der Waals surface area contributed by atoms with Crippen molar-refractivity contribution in [2.75, 3.05) is 23.0 Å². The lowest BCUT2D eigenvalue weighted by Gasteiger charge is -2.04. The van der Waals surface area contributed by atoms with Crippen molar-refractivity contribution < 1.29 is 14.3 Å². The van der Waals surface area contributed by atoms with Gasteiger partial charge in [-0.1, -0.05) is 173 Å². The molecule has 0 fully saturated rings. The van der Waals surface area contributed by atoms with Gasteiger partial charge in [-0.2, -0.15) is 0 Å². The molecule has 0 heterocycles. The van der Waals surface area contributed by atoms with Crippen molar-refractivity contribution in [1.82, 2.24) is 0 Å². The maximum absolute atomic E-state index is 11.8. The van der Waals surface area contributed by atoms with Gasteiger partial charge < -0.3 is 4.74 Å². The van der Waals surface area contributed by atoms with Gasteiger partial charge in [0.15, 0.2) is 0 Å². The molecule has 0 unspecified atom stereocenters. The fourth-order valence-electron chi connectivity index (χ4n) is 4.01. The summed E-state index contributed by atoms with van der Waals surface area (Å²) >= 11 is 0. The van der Waals surface area contributed by atoms with Crippen LogP contribution in [0, 0.1) is 0 Å². The molecule has 0 N–H and O–H groups in total. The monoisotopic (exact) mass is 594 g/mol. The predicted molar refractivity (Wildman–Crippen MR) is 174 cm³/mol. The first-order valence-electron chi connectivity index (χ1n) is 15.4. The summed E-state index contributed by atoms with van der Waals surface area (Å²) in [5.41, 5.74) is 0. The van der Waals surface area contributed by atoms with E-state index in [0.29, 0.717) is 12.8 Å². The Kier molecular flexibility index (Phi) is 33.2. The number of hydrogen-bond acceptors (Lipinski definition) is 7. The van der Waals surface area contributed by atoms with Gasteiger partial charge in [-0.3, -0.25) is 9.59 Å². The molecule has 0 aliphatic carbocycles. The second-order valence-corrected chi connectivity index (χ2v) is 15.4. The molecule has 0 bridgehead atoms. The molecule has 0 saturated heterocycles. The van der Waals surface area contributed by atoms with E-state index < -0.39 is 0 Å². The standard InChI is InChI=1S/C30H58O3S4/c1-3-5-7-9-11-13-15-17-19-21-25-34-36-27-23-29(31)33-30(32)24-28-37-35-26-22-20-18-16-14-12-10-8-6-4-2/h3-28H2,1-2H3. The van der Waals surface area contributed by atoms with Crippen molar-refractivity contribution in [2.45, 2.75) is 155 Å². The fourth-order valence-corrected chi connectivity index (χ4v) is 8.25. The van der Waals surface area contributed by atoms with Gasteiger partial charge in [-0.05, 0) is 12.8 Å². The van der Waals surface area contributed by atoms with E-state index in [-0.39, 0.29) is 11.9 Å². The highest BCUT2D eigenvalue weighted by Crippen LogP contribution is 2.25. The molecule has 3 nitrogen and oxygen atoms in total. The van der Waals surface area contributed by atoms with Crippen LogP contribution in [0.5, 0.6) is 0 Å². The van der Waals surface area contributed by atoms with Crippen LogP contribution >= 0.6 is 43.2 Å². The predicted octanol–water partition coefficient (Wildman–Crippen LogP) is 11.4. The molecule has 0 radical (unpaired) electrons. The Morgan fingerprint density at radius 1 is 0.405 bits per heavy atom. The van der Waals surface area contributed by atoms with Gasteiger partial charge >= 0.3 is 11.9 Å². The van der Waals surface area contributed by atoms with Gasteiger partial charge in [0.2, 0.25) is 0 Å². The van der Waals surface area contributed by atoms with E-state index in [0.717, 1.165) is 23.0 Å². The van der Waals surface area contributed by atoms with Crippen LogP contribution in [0.3, 0.4) is 0 Å². The lowest BCUT2D eigenvalue weighted by Crippen LogP contribution is -2.13. The molecule has 0 aliphatic rings. The minimum absolute atomic E-state index is 0.321. The number of esters is 2. The maximum atomic E-state index is 11.8. The van der Waals surface area contributed by atoms with Crippen molar-refractivity contribution in [1.29, 1.82) is 0 Å². The first-order valence-corrected chi connectivity index (χ1v) is 20.4. The molecule has 0 aromatic rings. The van der Waals surface area contributed by atoms with Crippen molar-refractivity contribution in [3.63, 3.8) is 0 Å². The van der Waals surface area contributed by atoms with Gasteiger partial charge in [-0.25, -0.2) is 0 Å². The second-order valence-electron chi connectivity index (χ2n) is 10.00. The summed E-state index contributed by atoms with van der Waals surface area (Å²) in [6.45, 7) is 4.54. The molecule has 7 heteroatoms. The van der Waals surface area contributed by atoms with Gasteiger partial charge in [0.05, 0.1) is 12.8 Å². The summed E-state index contributed by atoms with van der Waals surface area (Å²) in [7, 11) is 7.13. The number of carbonyl (C=O) groups is 2. The van der Waals surface area contributed by atoms with E-state index in [2.05, 4.69) is 13.8 Å². The Labute approximate surface area is 246 Å². The molecule has 0 saturated carbocycles. The first-order chi connectivity index (χ1) is 18.2. The van der Waals surface area contributed by atoms with Crippen LogP contribution in [0.25, 0.3) is 0 Å². The van der Waals surface area contributed by atoms with E-state index in [1.54, 1.807) is 21.6 Å². The Bertz CT molecular complexity index is 449. The van der Waals surface area contributed by atoms with E-state index in [1.165, 1.54) is 128 Å². The summed E-state index contributed by atoms with van der Waals surface area (Å²) in [6, 6.07) is 0. The Morgan fingerprint density at radius 3 is 1.00 bits per heavy atom.